The molecule has 4 aromatic rings. The van der Waals surface area contributed by atoms with Crippen molar-refractivity contribution in [1.29, 1.82) is 0 Å². The van der Waals surface area contributed by atoms with Crippen LogP contribution in [-0.4, -0.2) is 33.5 Å². The number of aryl methyl sites for hydroxylation is 1. The topological polar surface area (TPSA) is 69.0 Å². The Balaban J connectivity index is 1.59. The molecule has 1 heterocycles. The number of anilines is 1. The highest BCUT2D eigenvalue weighted by molar-refractivity contribution is 7.99. The Morgan fingerprint density at radius 3 is 2.62 bits per heavy atom. The van der Waals surface area contributed by atoms with Gasteiger partial charge in [-0.1, -0.05) is 59.8 Å². The Hall–Kier alpha value is -3.29. The summed E-state index contributed by atoms with van der Waals surface area (Å²) >= 11 is 7.50. The zero-order valence-corrected chi connectivity index (χ0v) is 19.2. The number of amides is 1. The van der Waals surface area contributed by atoms with E-state index in [9.17, 15) is 4.79 Å². The summed E-state index contributed by atoms with van der Waals surface area (Å²) in [7, 11) is 1.58. The first-order valence-corrected chi connectivity index (χ1v) is 11.3. The van der Waals surface area contributed by atoms with E-state index in [0.29, 0.717) is 27.4 Å². The van der Waals surface area contributed by atoms with Crippen molar-refractivity contribution >= 4 is 35.0 Å². The lowest BCUT2D eigenvalue weighted by atomic mass is 10.2. The number of benzene rings is 3. The molecular formula is C24H21ClN4O2S. The molecular weight excluding hydrogens is 444 g/mol. The van der Waals surface area contributed by atoms with Crippen LogP contribution in [0.2, 0.25) is 5.02 Å². The van der Waals surface area contributed by atoms with Gasteiger partial charge in [-0.25, -0.2) is 0 Å². The number of halogens is 1. The van der Waals surface area contributed by atoms with Gasteiger partial charge in [0.1, 0.15) is 5.75 Å². The number of aromatic nitrogens is 3. The zero-order valence-electron chi connectivity index (χ0n) is 17.6. The molecule has 162 valence electrons. The maximum Gasteiger partial charge on any atom is 0.234 e. The Kier molecular flexibility index (Phi) is 6.78. The van der Waals surface area contributed by atoms with Gasteiger partial charge in [-0.05, 0) is 48.9 Å². The summed E-state index contributed by atoms with van der Waals surface area (Å²) in [5.41, 5.74) is 3.41. The molecule has 0 radical (unpaired) electrons. The van der Waals surface area contributed by atoms with Crippen molar-refractivity contribution in [2.45, 2.75) is 12.1 Å². The number of thioether (sulfide) groups is 1. The van der Waals surface area contributed by atoms with Gasteiger partial charge in [0, 0.05) is 16.3 Å². The van der Waals surface area contributed by atoms with Crippen molar-refractivity contribution in [2.75, 3.05) is 18.2 Å². The molecule has 0 bridgehead atoms. The molecule has 0 aliphatic heterocycles. The third-order valence-corrected chi connectivity index (χ3v) is 5.86. The van der Waals surface area contributed by atoms with E-state index < -0.39 is 0 Å². The maximum absolute atomic E-state index is 12.7. The van der Waals surface area contributed by atoms with Gasteiger partial charge in [0.15, 0.2) is 11.0 Å². The van der Waals surface area contributed by atoms with Crippen LogP contribution in [0.25, 0.3) is 17.1 Å². The van der Waals surface area contributed by atoms with Gasteiger partial charge < -0.3 is 10.1 Å². The smallest absolute Gasteiger partial charge is 0.234 e. The highest BCUT2D eigenvalue weighted by Crippen LogP contribution is 2.30. The summed E-state index contributed by atoms with van der Waals surface area (Å²) in [6, 6.07) is 22.9. The molecule has 0 atom stereocenters. The third-order valence-electron chi connectivity index (χ3n) is 4.69. The zero-order chi connectivity index (χ0) is 22.5. The van der Waals surface area contributed by atoms with E-state index in [1.165, 1.54) is 11.8 Å². The van der Waals surface area contributed by atoms with Crippen LogP contribution in [0, 0.1) is 6.92 Å². The molecule has 8 heteroatoms. The van der Waals surface area contributed by atoms with Crippen LogP contribution in [0.15, 0.2) is 78.0 Å². The minimum atomic E-state index is -0.161. The second-order valence-corrected chi connectivity index (χ2v) is 8.41. The van der Waals surface area contributed by atoms with Crippen LogP contribution in [0.3, 0.4) is 0 Å². The number of para-hydroxylation sites is 1. The van der Waals surface area contributed by atoms with Gasteiger partial charge >= 0.3 is 0 Å². The molecule has 3 aromatic carbocycles. The third kappa shape index (κ3) is 4.95. The van der Waals surface area contributed by atoms with Gasteiger partial charge in [-0.15, -0.1) is 10.2 Å². The maximum atomic E-state index is 12.7. The summed E-state index contributed by atoms with van der Waals surface area (Å²) in [4.78, 5) is 12.7. The average molecular weight is 465 g/mol. The van der Waals surface area contributed by atoms with Gasteiger partial charge in [0.05, 0.1) is 18.6 Å². The van der Waals surface area contributed by atoms with E-state index in [2.05, 4.69) is 15.5 Å². The summed E-state index contributed by atoms with van der Waals surface area (Å²) in [5.74, 6) is 1.27. The van der Waals surface area contributed by atoms with Crippen LogP contribution in [0.4, 0.5) is 5.69 Å². The van der Waals surface area contributed by atoms with Crippen LogP contribution >= 0.6 is 23.4 Å². The summed E-state index contributed by atoms with van der Waals surface area (Å²) < 4.78 is 7.27. The molecule has 0 fully saturated rings. The molecule has 4 rings (SSSR count). The molecule has 0 aliphatic rings. The highest BCUT2D eigenvalue weighted by atomic mass is 35.5. The minimum absolute atomic E-state index is 0.161. The number of carbonyl (C=O) groups excluding carboxylic acids is 1. The fraction of sp³-hybridized carbons (Fsp3) is 0.125. The molecule has 32 heavy (non-hydrogen) atoms. The normalized spacial score (nSPS) is 10.7. The quantitative estimate of drug-likeness (QED) is 0.359. The van der Waals surface area contributed by atoms with Crippen LogP contribution in [0.1, 0.15) is 5.56 Å². The largest absolute Gasteiger partial charge is 0.495 e. The Morgan fingerprint density at radius 1 is 1.06 bits per heavy atom. The Morgan fingerprint density at radius 2 is 1.88 bits per heavy atom. The second kappa shape index (κ2) is 9.89. The van der Waals surface area contributed by atoms with Gasteiger partial charge in [0.25, 0.3) is 0 Å². The number of hydrogen-bond donors (Lipinski definition) is 1. The standard InChI is InChI=1S/C24H21ClN4O2S/c1-16-11-12-21(31-2)20(13-16)26-22(30)15-32-24-28-27-23(17-7-6-8-18(25)14-17)29(24)19-9-4-3-5-10-19/h3-14H,15H2,1-2H3,(H,26,30). The monoisotopic (exact) mass is 464 g/mol. The SMILES string of the molecule is COc1ccc(C)cc1NC(=O)CSc1nnc(-c2cccc(Cl)c2)n1-c1ccccc1. The van der Waals surface area contributed by atoms with Crippen molar-refractivity contribution in [3.05, 3.63) is 83.4 Å². The van der Waals surface area contributed by atoms with Crippen LogP contribution < -0.4 is 10.1 Å². The van der Waals surface area contributed by atoms with E-state index in [1.54, 1.807) is 7.11 Å². The van der Waals surface area contributed by atoms with E-state index in [-0.39, 0.29) is 11.7 Å². The number of nitrogens with zero attached hydrogens (tertiary/aromatic N) is 3. The first-order chi connectivity index (χ1) is 15.5. The van der Waals surface area contributed by atoms with Crippen molar-refractivity contribution < 1.29 is 9.53 Å². The average Bonchev–Trinajstić information content (AvgIpc) is 3.22. The van der Waals surface area contributed by atoms with Crippen molar-refractivity contribution in [3.8, 4) is 22.8 Å². The van der Waals surface area contributed by atoms with E-state index in [0.717, 1.165) is 16.8 Å². The lowest BCUT2D eigenvalue weighted by Gasteiger charge is -2.12. The van der Waals surface area contributed by atoms with E-state index >= 15 is 0 Å². The second-order valence-electron chi connectivity index (χ2n) is 7.03. The molecule has 0 unspecified atom stereocenters. The van der Waals surface area contributed by atoms with Crippen molar-refractivity contribution in [2.24, 2.45) is 0 Å². The summed E-state index contributed by atoms with van der Waals surface area (Å²) in [5, 5.41) is 12.9. The summed E-state index contributed by atoms with van der Waals surface area (Å²) in [6.07, 6.45) is 0. The number of ether oxygens (including phenoxy) is 1. The van der Waals surface area contributed by atoms with Gasteiger partial charge in [-0.3, -0.25) is 9.36 Å². The molecule has 0 saturated heterocycles. The van der Waals surface area contributed by atoms with Crippen molar-refractivity contribution in [1.82, 2.24) is 14.8 Å². The van der Waals surface area contributed by atoms with Crippen LogP contribution in [0.5, 0.6) is 5.75 Å². The van der Waals surface area contributed by atoms with Crippen molar-refractivity contribution in [3.63, 3.8) is 0 Å². The molecule has 0 spiro atoms. The number of carbonyl (C=O) groups is 1. The van der Waals surface area contributed by atoms with E-state index in [4.69, 9.17) is 16.3 Å². The molecule has 1 N–H and O–H groups in total. The van der Waals surface area contributed by atoms with Gasteiger partial charge in [0.2, 0.25) is 5.91 Å². The lowest BCUT2D eigenvalue weighted by Crippen LogP contribution is -2.15. The predicted molar refractivity (Wildman–Crippen MR) is 129 cm³/mol. The fourth-order valence-corrected chi connectivity index (χ4v) is 4.17. The fourth-order valence-electron chi connectivity index (χ4n) is 3.22. The molecule has 0 saturated carbocycles. The molecule has 1 aromatic heterocycles. The predicted octanol–water partition coefficient (Wildman–Crippen LogP) is 5.64. The van der Waals surface area contributed by atoms with Gasteiger partial charge in [-0.2, -0.15) is 0 Å². The first-order valence-electron chi connectivity index (χ1n) is 9.89. The first kappa shape index (κ1) is 21.9. The molecule has 1 amide bonds. The summed E-state index contributed by atoms with van der Waals surface area (Å²) in [6.45, 7) is 1.96. The number of nitrogens with one attached hydrogen (secondary N) is 1. The highest BCUT2D eigenvalue weighted by Gasteiger charge is 2.18. The van der Waals surface area contributed by atoms with Crippen LogP contribution in [-0.2, 0) is 4.79 Å². The number of methoxy groups -OCH3 is 1. The number of rotatable bonds is 7. The molecule has 0 aliphatic carbocycles. The number of hydrogen-bond acceptors (Lipinski definition) is 5. The van der Waals surface area contributed by atoms with E-state index in [1.807, 2.05) is 84.3 Å². The Bertz CT molecular complexity index is 1240. The molecule has 6 nitrogen and oxygen atoms in total. The Labute approximate surface area is 195 Å². The minimum Gasteiger partial charge on any atom is -0.495 e. The lowest BCUT2D eigenvalue weighted by molar-refractivity contribution is -0.113.